The third-order valence-electron chi connectivity index (χ3n) is 5.96. The van der Waals surface area contributed by atoms with Crippen LogP contribution in [-0.2, 0) is 38.4 Å². The summed E-state index contributed by atoms with van der Waals surface area (Å²) in [7, 11) is 0. The molecule has 8 N–H and O–H groups in total. The lowest BCUT2D eigenvalue weighted by Crippen LogP contribution is -2.59. The Morgan fingerprint density at radius 1 is 0.711 bits per heavy atom. The number of carbonyl (C=O) groups is 8. The molecule has 5 amide bonds. The van der Waals surface area contributed by atoms with E-state index in [1.165, 1.54) is 26.0 Å². The number of nitro groups is 1. The van der Waals surface area contributed by atoms with E-state index in [-0.39, 0.29) is 11.4 Å². The molecule has 0 aromatic heterocycles. The van der Waals surface area contributed by atoms with Crippen LogP contribution in [-0.4, -0.2) is 91.9 Å². The molecule has 19 heteroatoms. The van der Waals surface area contributed by atoms with Crippen molar-refractivity contribution in [1.82, 2.24) is 21.3 Å². The summed E-state index contributed by atoms with van der Waals surface area (Å²) in [5, 5.41) is 49.5. The first kappa shape index (κ1) is 37.4. The van der Waals surface area contributed by atoms with E-state index < -0.39 is 108 Å². The van der Waals surface area contributed by atoms with Gasteiger partial charge in [0.15, 0.2) is 0 Å². The smallest absolute Gasteiger partial charge is 0.305 e. The largest absolute Gasteiger partial charge is 0.481 e. The number of nitrogens with zero attached hydrogens (tertiary/aromatic N) is 1. The lowest BCUT2D eigenvalue weighted by atomic mass is 10.0. The maximum absolute atomic E-state index is 13.2. The molecule has 0 aliphatic rings. The number of non-ortho nitro benzene ring substituents is 1. The Labute approximate surface area is 255 Å². The topological polar surface area (TPSA) is 301 Å². The standard InChI is InChI=1S/C26H34N6O13/c1-12(2)22(26(43)30-18(11-21(38)39)24(41)28-14-4-6-15(7-5-14)32(44)45)31-23(40)16(8-9-19(34)35)29-25(42)17(10-20(36)37)27-13(3)33/h4-7,12,16-18,22H,8-11H2,1-3H3,(H,27,33)(H,28,41)(H,29,42)(H,30,43)(H,31,40)(H,34,35)(H,36,37)(H,38,39)/t16-,17-,18+,22+/m1/s1. The molecule has 45 heavy (non-hydrogen) atoms. The average molecular weight is 639 g/mol. The summed E-state index contributed by atoms with van der Waals surface area (Å²) in [5.41, 5.74) is -0.217. The molecule has 1 aromatic carbocycles. The first-order valence-corrected chi connectivity index (χ1v) is 13.3. The van der Waals surface area contributed by atoms with Gasteiger partial charge in [-0.15, -0.1) is 0 Å². The second-order valence-corrected chi connectivity index (χ2v) is 10.0. The summed E-state index contributed by atoms with van der Waals surface area (Å²) in [6, 6.07) is -1.82. The summed E-state index contributed by atoms with van der Waals surface area (Å²) in [5.74, 6) is -9.94. The van der Waals surface area contributed by atoms with Crippen LogP contribution in [0.25, 0.3) is 0 Å². The number of benzene rings is 1. The van der Waals surface area contributed by atoms with Crippen LogP contribution in [0.1, 0.15) is 46.5 Å². The third kappa shape index (κ3) is 13.5. The lowest BCUT2D eigenvalue weighted by molar-refractivity contribution is -0.384. The first-order valence-electron chi connectivity index (χ1n) is 13.3. The van der Waals surface area contributed by atoms with Gasteiger partial charge in [-0.25, -0.2) is 0 Å². The molecule has 1 rings (SSSR count). The number of carboxylic acid groups (broad SMARTS) is 3. The zero-order valence-electron chi connectivity index (χ0n) is 24.4. The van der Waals surface area contributed by atoms with Gasteiger partial charge >= 0.3 is 17.9 Å². The Balaban J connectivity index is 3.16. The highest BCUT2D eigenvalue weighted by Crippen LogP contribution is 2.16. The summed E-state index contributed by atoms with van der Waals surface area (Å²) in [4.78, 5) is 107. The zero-order chi connectivity index (χ0) is 34.4. The molecule has 1 aromatic rings. The maximum Gasteiger partial charge on any atom is 0.305 e. The molecule has 0 saturated carbocycles. The SMILES string of the molecule is CC(=O)N[C@H](CC(=O)O)C(=O)N[C@H](CCC(=O)O)C(=O)N[C@H](C(=O)N[C@@H](CC(=O)O)C(=O)Nc1ccc([N+](=O)[O-])cc1)C(C)C. The lowest BCUT2D eigenvalue weighted by Gasteiger charge is -2.27. The minimum atomic E-state index is -1.68. The summed E-state index contributed by atoms with van der Waals surface area (Å²) in [6.45, 7) is 3.99. The van der Waals surface area contributed by atoms with E-state index in [0.29, 0.717) is 0 Å². The van der Waals surface area contributed by atoms with Crippen molar-refractivity contribution < 1.29 is 58.6 Å². The second kappa shape index (κ2) is 17.5. The van der Waals surface area contributed by atoms with Gasteiger partial charge < -0.3 is 41.9 Å². The van der Waals surface area contributed by atoms with Crippen molar-refractivity contribution in [2.24, 2.45) is 5.92 Å². The van der Waals surface area contributed by atoms with Gasteiger partial charge in [0.1, 0.15) is 24.2 Å². The molecule has 0 aliphatic carbocycles. The molecule has 0 saturated heterocycles. The van der Waals surface area contributed by atoms with Gasteiger partial charge in [0.05, 0.1) is 17.8 Å². The van der Waals surface area contributed by atoms with Crippen LogP contribution < -0.4 is 26.6 Å². The summed E-state index contributed by atoms with van der Waals surface area (Å²) < 4.78 is 0. The molecular formula is C26H34N6O13. The van der Waals surface area contributed by atoms with E-state index in [0.717, 1.165) is 19.1 Å². The minimum absolute atomic E-state index is 0.0569. The highest BCUT2D eigenvalue weighted by atomic mass is 16.6. The van der Waals surface area contributed by atoms with Crippen LogP contribution in [0.15, 0.2) is 24.3 Å². The number of nitro benzene ring substituents is 1. The Morgan fingerprint density at radius 2 is 1.20 bits per heavy atom. The van der Waals surface area contributed by atoms with Crippen LogP contribution in [0.5, 0.6) is 0 Å². The van der Waals surface area contributed by atoms with Crippen molar-refractivity contribution in [2.75, 3.05) is 5.32 Å². The molecule has 0 unspecified atom stereocenters. The van der Waals surface area contributed by atoms with Crippen molar-refractivity contribution in [1.29, 1.82) is 0 Å². The molecule has 0 radical (unpaired) electrons. The Kier molecular flexibility index (Phi) is 14.5. The Hall–Kier alpha value is -5.62. The maximum atomic E-state index is 13.2. The van der Waals surface area contributed by atoms with Crippen LogP contribution in [0.2, 0.25) is 0 Å². The highest BCUT2D eigenvalue weighted by Gasteiger charge is 2.34. The third-order valence-corrected chi connectivity index (χ3v) is 5.96. The molecule has 0 fully saturated rings. The highest BCUT2D eigenvalue weighted by molar-refractivity contribution is 6.01. The monoisotopic (exact) mass is 638 g/mol. The van der Waals surface area contributed by atoms with E-state index in [2.05, 4.69) is 26.6 Å². The van der Waals surface area contributed by atoms with Gasteiger partial charge in [-0.3, -0.25) is 48.5 Å². The molecule has 19 nitrogen and oxygen atoms in total. The van der Waals surface area contributed by atoms with Crippen molar-refractivity contribution in [3.8, 4) is 0 Å². The van der Waals surface area contributed by atoms with Gasteiger partial charge in [0.2, 0.25) is 29.5 Å². The molecule has 0 spiro atoms. The van der Waals surface area contributed by atoms with Crippen LogP contribution in [0, 0.1) is 16.0 Å². The number of carbonyl (C=O) groups excluding carboxylic acids is 5. The van der Waals surface area contributed by atoms with Gasteiger partial charge in [-0.1, -0.05) is 13.8 Å². The molecule has 4 atom stereocenters. The Bertz CT molecular complexity index is 1300. The van der Waals surface area contributed by atoms with Gasteiger partial charge in [0, 0.05) is 31.2 Å². The molecule has 0 aliphatic heterocycles. The van der Waals surface area contributed by atoms with E-state index in [1.807, 2.05) is 0 Å². The number of aliphatic carboxylic acids is 3. The summed E-state index contributed by atoms with van der Waals surface area (Å²) >= 11 is 0. The number of anilines is 1. The van der Waals surface area contributed by atoms with E-state index in [9.17, 15) is 53.6 Å². The molecule has 0 heterocycles. The van der Waals surface area contributed by atoms with Crippen molar-refractivity contribution in [3.05, 3.63) is 34.4 Å². The number of carboxylic acids is 3. The van der Waals surface area contributed by atoms with Crippen molar-refractivity contribution in [3.63, 3.8) is 0 Å². The van der Waals surface area contributed by atoms with Crippen LogP contribution >= 0.6 is 0 Å². The molecule has 0 bridgehead atoms. The van der Waals surface area contributed by atoms with E-state index in [4.69, 9.17) is 10.2 Å². The van der Waals surface area contributed by atoms with E-state index in [1.54, 1.807) is 0 Å². The summed E-state index contributed by atoms with van der Waals surface area (Å²) in [6.07, 6.45) is -2.89. The first-order chi connectivity index (χ1) is 20.9. The Morgan fingerprint density at radius 3 is 1.64 bits per heavy atom. The van der Waals surface area contributed by atoms with Gasteiger partial charge in [0.25, 0.3) is 5.69 Å². The number of nitrogens with one attached hydrogen (secondary N) is 5. The minimum Gasteiger partial charge on any atom is -0.481 e. The molecular weight excluding hydrogens is 604 g/mol. The van der Waals surface area contributed by atoms with Gasteiger partial charge in [-0.05, 0) is 24.5 Å². The average Bonchev–Trinajstić information content (AvgIpc) is 2.92. The predicted molar refractivity (Wildman–Crippen MR) is 151 cm³/mol. The van der Waals surface area contributed by atoms with Crippen LogP contribution in [0.3, 0.4) is 0 Å². The molecule has 246 valence electrons. The van der Waals surface area contributed by atoms with Crippen molar-refractivity contribution in [2.45, 2.75) is 70.6 Å². The fourth-order valence-electron chi connectivity index (χ4n) is 3.77. The predicted octanol–water partition coefficient (Wildman–Crippen LogP) is -1.04. The fourth-order valence-corrected chi connectivity index (χ4v) is 3.77. The van der Waals surface area contributed by atoms with E-state index >= 15 is 0 Å². The van der Waals surface area contributed by atoms with Gasteiger partial charge in [-0.2, -0.15) is 0 Å². The number of rotatable bonds is 18. The number of hydrogen-bond acceptors (Lipinski definition) is 10. The zero-order valence-corrected chi connectivity index (χ0v) is 24.4. The number of hydrogen-bond donors (Lipinski definition) is 8. The number of amides is 5. The van der Waals surface area contributed by atoms with Crippen LogP contribution in [0.4, 0.5) is 11.4 Å². The van der Waals surface area contributed by atoms with Crippen molar-refractivity contribution >= 4 is 58.8 Å². The normalized spacial score (nSPS) is 13.2. The second-order valence-electron chi connectivity index (χ2n) is 10.0. The fraction of sp³-hybridized carbons (Fsp3) is 0.462. The quantitative estimate of drug-likeness (QED) is 0.0705.